The SMILES string of the molecule is O=[N+]([O-])c1cc(CO[PH](=O)OCc2ccc(O)c([N+](=O)[O-])c2)ccc1O. The summed E-state index contributed by atoms with van der Waals surface area (Å²) in [5.41, 5.74) is -0.417. The molecule has 0 aliphatic heterocycles. The molecule has 0 amide bonds. The molecule has 0 radical (unpaired) electrons. The largest absolute Gasteiger partial charge is 0.502 e. The molecule has 0 spiro atoms. The Hall–Kier alpha value is -3.01. The average Bonchev–Trinajstić information content (AvgIpc) is 2.59. The fraction of sp³-hybridized carbons (Fsp3) is 0.143. The van der Waals surface area contributed by atoms with Crippen LogP contribution in [0.1, 0.15) is 11.1 Å². The number of nitro benzene ring substituents is 2. The highest BCUT2D eigenvalue weighted by molar-refractivity contribution is 7.33. The molecule has 2 rings (SSSR count). The molecule has 26 heavy (non-hydrogen) atoms. The molecule has 0 unspecified atom stereocenters. The van der Waals surface area contributed by atoms with Gasteiger partial charge in [0.15, 0.2) is 11.5 Å². The van der Waals surface area contributed by atoms with Gasteiger partial charge in [-0.15, -0.1) is 0 Å². The van der Waals surface area contributed by atoms with Crippen LogP contribution in [0.2, 0.25) is 0 Å². The summed E-state index contributed by atoms with van der Waals surface area (Å²) in [5.74, 6) is -1.01. The molecule has 2 aromatic rings. The van der Waals surface area contributed by atoms with Crippen LogP contribution in [-0.4, -0.2) is 20.1 Å². The zero-order valence-corrected chi connectivity index (χ0v) is 14.0. The van der Waals surface area contributed by atoms with Crippen LogP contribution in [-0.2, 0) is 26.8 Å². The van der Waals surface area contributed by atoms with E-state index in [2.05, 4.69) is 0 Å². The second-order valence-corrected chi connectivity index (χ2v) is 6.07. The van der Waals surface area contributed by atoms with Crippen LogP contribution in [0, 0.1) is 20.2 Å². The minimum Gasteiger partial charge on any atom is -0.502 e. The van der Waals surface area contributed by atoms with Crippen molar-refractivity contribution < 1.29 is 33.7 Å². The van der Waals surface area contributed by atoms with Crippen LogP contribution in [0.3, 0.4) is 0 Å². The van der Waals surface area contributed by atoms with Crippen LogP contribution in [0.4, 0.5) is 11.4 Å². The molecule has 2 aromatic carbocycles. The molecule has 11 nitrogen and oxygen atoms in total. The van der Waals surface area contributed by atoms with Crippen molar-refractivity contribution in [3.05, 3.63) is 67.8 Å². The normalized spacial score (nSPS) is 10.8. The number of phenols is 2. The molecule has 0 aromatic heterocycles. The Kier molecular flexibility index (Phi) is 6.23. The summed E-state index contributed by atoms with van der Waals surface area (Å²) < 4.78 is 21.7. The van der Waals surface area contributed by atoms with E-state index >= 15 is 0 Å². The van der Waals surface area contributed by atoms with E-state index in [0.29, 0.717) is 11.1 Å². The molecule has 0 heterocycles. The van der Waals surface area contributed by atoms with E-state index < -0.39 is 41.0 Å². The number of hydrogen-bond donors (Lipinski definition) is 2. The second-order valence-electron chi connectivity index (χ2n) is 4.99. The van der Waals surface area contributed by atoms with Crippen molar-refractivity contribution in [3.63, 3.8) is 0 Å². The van der Waals surface area contributed by atoms with Crippen LogP contribution >= 0.6 is 8.25 Å². The first-order valence-electron chi connectivity index (χ1n) is 7.00. The molecular formula is C14H13N2O9P. The van der Waals surface area contributed by atoms with Gasteiger partial charge < -0.3 is 19.3 Å². The highest BCUT2D eigenvalue weighted by Gasteiger charge is 2.15. The van der Waals surface area contributed by atoms with Crippen molar-refractivity contribution in [2.75, 3.05) is 0 Å². The molecule has 2 N–H and O–H groups in total. The quantitative estimate of drug-likeness (QED) is 0.395. The number of aromatic hydroxyl groups is 2. The Labute approximate surface area is 146 Å². The fourth-order valence-electron chi connectivity index (χ4n) is 1.94. The number of nitro groups is 2. The number of hydrogen-bond acceptors (Lipinski definition) is 9. The van der Waals surface area contributed by atoms with Crippen LogP contribution in [0.5, 0.6) is 11.5 Å². The van der Waals surface area contributed by atoms with E-state index in [1.165, 1.54) is 12.1 Å². The standard InChI is InChI=1S/C14H13N2O9P/c17-13-3-1-9(5-11(13)15(19)20)7-24-26(23)25-8-10-2-4-14(18)12(6-10)16(21)22/h1-6,17-18,26H,7-8H2. The lowest BCUT2D eigenvalue weighted by molar-refractivity contribution is -0.386. The Morgan fingerprint density at radius 2 is 1.23 bits per heavy atom. The number of rotatable bonds is 8. The van der Waals surface area contributed by atoms with Crippen LogP contribution in [0.25, 0.3) is 0 Å². The van der Waals surface area contributed by atoms with Crippen molar-refractivity contribution in [1.29, 1.82) is 0 Å². The van der Waals surface area contributed by atoms with Gasteiger partial charge in [0.2, 0.25) is 0 Å². The number of phenolic OH excluding ortho intramolecular Hbond substituents is 2. The van der Waals surface area contributed by atoms with E-state index in [1.54, 1.807) is 0 Å². The third-order valence-corrected chi connectivity index (χ3v) is 3.95. The molecule has 138 valence electrons. The molecule has 0 bridgehead atoms. The van der Waals surface area contributed by atoms with Gasteiger partial charge in [0, 0.05) is 12.1 Å². The van der Waals surface area contributed by atoms with Gasteiger partial charge in [-0.2, -0.15) is 0 Å². The lowest BCUT2D eigenvalue weighted by Gasteiger charge is -2.07. The molecule has 0 saturated carbocycles. The molecule has 12 heteroatoms. The predicted molar refractivity (Wildman–Crippen MR) is 88.1 cm³/mol. The molecule has 0 aliphatic carbocycles. The molecule has 0 atom stereocenters. The third-order valence-electron chi connectivity index (χ3n) is 3.19. The Bertz CT molecular complexity index is 802. The highest BCUT2D eigenvalue weighted by atomic mass is 31.1. The smallest absolute Gasteiger partial charge is 0.319 e. The molecule has 0 saturated heterocycles. The van der Waals surface area contributed by atoms with E-state index in [4.69, 9.17) is 9.05 Å². The van der Waals surface area contributed by atoms with Gasteiger partial charge in [0.05, 0.1) is 23.1 Å². The topological polar surface area (TPSA) is 162 Å². The van der Waals surface area contributed by atoms with E-state index in [-0.39, 0.29) is 13.2 Å². The van der Waals surface area contributed by atoms with Crippen LogP contribution < -0.4 is 0 Å². The van der Waals surface area contributed by atoms with E-state index in [9.17, 15) is 35.0 Å². The van der Waals surface area contributed by atoms with Gasteiger partial charge in [-0.05, 0) is 23.3 Å². The summed E-state index contributed by atoms with van der Waals surface area (Å²) in [7, 11) is -2.98. The predicted octanol–water partition coefficient (Wildman–Crippen LogP) is 3.04. The summed E-state index contributed by atoms with van der Waals surface area (Å²) in [6.07, 6.45) is 0. The summed E-state index contributed by atoms with van der Waals surface area (Å²) in [4.78, 5) is 19.9. The maximum absolute atomic E-state index is 11.7. The summed E-state index contributed by atoms with van der Waals surface area (Å²) in [6.45, 7) is -0.511. The van der Waals surface area contributed by atoms with Crippen molar-refractivity contribution >= 4 is 19.6 Å². The van der Waals surface area contributed by atoms with E-state index in [0.717, 1.165) is 24.3 Å². The van der Waals surface area contributed by atoms with Crippen molar-refractivity contribution in [2.45, 2.75) is 13.2 Å². The Morgan fingerprint density at radius 1 is 0.846 bits per heavy atom. The highest BCUT2D eigenvalue weighted by Crippen LogP contribution is 2.32. The van der Waals surface area contributed by atoms with E-state index in [1.807, 2.05) is 0 Å². The van der Waals surface area contributed by atoms with Gasteiger partial charge in [-0.3, -0.25) is 24.8 Å². The van der Waals surface area contributed by atoms with Crippen molar-refractivity contribution in [1.82, 2.24) is 0 Å². The minimum atomic E-state index is -2.98. The zero-order valence-electron chi connectivity index (χ0n) is 13.0. The summed E-state index contributed by atoms with van der Waals surface area (Å²) in [5, 5.41) is 40.2. The maximum Gasteiger partial charge on any atom is 0.319 e. The summed E-state index contributed by atoms with van der Waals surface area (Å²) >= 11 is 0. The summed E-state index contributed by atoms with van der Waals surface area (Å²) in [6, 6.07) is 7.11. The third kappa shape index (κ3) is 4.99. The lowest BCUT2D eigenvalue weighted by Crippen LogP contribution is -1.94. The average molecular weight is 384 g/mol. The first-order chi connectivity index (χ1) is 12.3. The number of benzene rings is 2. The van der Waals surface area contributed by atoms with Crippen molar-refractivity contribution in [2.24, 2.45) is 0 Å². The Morgan fingerprint density at radius 3 is 1.58 bits per heavy atom. The van der Waals surface area contributed by atoms with Gasteiger partial charge in [-0.25, -0.2) is 0 Å². The van der Waals surface area contributed by atoms with Gasteiger partial charge in [0.25, 0.3) is 0 Å². The first-order valence-corrected chi connectivity index (χ1v) is 8.22. The number of nitrogens with zero attached hydrogens (tertiary/aromatic N) is 2. The minimum absolute atomic E-state index is 0.255. The van der Waals surface area contributed by atoms with Gasteiger partial charge >= 0.3 is 19.6 Å². The maximum atomic E-state index is 11.7. The molecule has 0 fully saturated rings. The van der Waals surface area contributed by atoms with Crippen LogP contribution in [0.15, 0.2) is 36.4 Å². The molecule has 0 aliphatic rings. The Balaban J connectivity index is 1.92. The monoisotopic (exact) mass is 384 g/mol. The lowest BCUT2D eigenvalue weighted by atomic mass is 10.2. The fourth-order valence-corrected chi connectivity index (χ4v) is 2.59. The second kappa shape index (κ2) is 8.39. The van der Waals surface area contributed by atoms with Gasteiger partial charge in [0.1, 0.15) is 0 Å². The van der Waals surface area contributed by atoms with Crippen molar-refractivity contribution in [3.8, 4) is 11.5 Å². The van der Waals surface area contributed by atoms with Gasteiger partial charge in [-0.1, -0.05) is 12.1 Å². The molecular weight excluding hydrogens is 371 g/mol. The zero-order chi connectivity index (χ0) is 19.3. The first kappa shape index (κ1) is 19.3.